The number of imidazole rings is 1. The molecule has 4 aromatic rings. The maximum atomic E-state index is 14.7. The standard InChI is InChI=1S/C29H29ClF2N2O4S/c1-28(2,21-7-6-8-22(31)26(21)30)27-33-25(29(3,4)36)15-34(27)19-11-9-17(10-12-19)18-13-23(32)20(16-35)24(14-18)39(5,37)38/h6-15,35-36H,16H2,1-5H3. The van der Waals surface area contributed by atoms with Gasteiger partial charge in [-0.25, -0.2) is 22.2 Å². The Morgan fingerprint density at radius 3 is 2.18 bits per heavy atom. The van der Waals surface area contributed by atoms with Crippen molar-refractivity contribution in [1.82, 2.24) is 9.55 Å². The van der Waals surface area contributed by atoms with Crippen molar-refractivity contribution in [2.45, 2.75) is 50.2 Å². The van der Waals surface area contributed by atoms with E-state index in [1.165, 1.54) is 18.2 Å². The highest BCUT2D eigenvalue weighted by Crippen LogP contribution is 2.39. The molecule has 0 saturated carbocycles. The number of halogens is 3. The monoisotopic (exact) mass is 574 g/mol. The van der Waals surface area contributed by atoms with Crippen molar-refractivity contribution in [2.24, 2.45) is 0 Å². The average Bonchev–Trinajstić information content (AvgIpc) is 3.32. The Morgan fingerprint density at radius 1 is 0.974 bits per heavy atom. The maximum Gasteiger partial charge on any atom is 0.176 e. The first-order valence-corrected chi connectivity index (χ1v) is 14.3. The van der Waals surface area contributed by atoms with E-state index >= 15 is 0 Å². The van der Waals surface area contributed by atoms with Crippen molar-refractivity contribution < 1.29 is 27.4 Å². The molecule has 10 heteroatoms. The van der Waals surface area contributed by atoms with Crippen LogP contribution in [0, 0.1) is 11.6 Å². The minimum absolute atomic E-state index is 0.0211. The summed E-state index contributed by atoms with van der Waals surface area (Å²) in [6.07, 6.45) is 2.65. The molecule has 0 bridgehead atoms. The first kappa shape index (κ1) is 28.9. The summed E-state index contributed by atoms with van der Waals surface area (Å²) in [5, 5.41) is 20.2. The van der Waals surface area contributed by atoms with Crippen LogP contribution in [-0.4, -0.2) is 34.4 Å². The minimum atomic E-state index is -3.79. The normalized spacial score (nSPS) is 12.7. The zero-order valence-corrected chi connectivity index (χ0v) is 23.7. The van der Waals surface area contributed by atoms with Crippen molar-refractivity contribution in [1.29, 1.82) is 0 Å². The summed E-state index contributed by atoms with van der Waals surface area (Å²) in [6.45, 7) is 6.18. The molecule has 2 N–H and O–H groups in total. The molecule has 0 aliphatic carbocycles. The van der Waals surface area contributed by atoms with Gasteiger partial charge in [0.25, 0.3) is 0 Å². The molecule has 3 aromatic carbocycles. The van der Waals surface area contributed by atoms with Crippen LogP contribution in [0.3, 0.4) is 0 Å². The Labute approximate surface area is 231 Å². The molecular weight excluding hydrogens is 546 g/mol. The molecule has 6 nitrogen and oxygen atoms in total. The van der Waals surface area contributed by atoms with E-state index in [4.69, 9.17) is 16.6 Å². The van der Waals surface area contributed by atoms with Crippen molar-refractivity contribution in [3.63, 3.8) is 0 Å². The first-order valence-electron chi connectivity index (χ1n) is 12.1. The molecule has 0 saturated heterocycles. The number of hydrogen-bond donors (Lipinski definition) is 2. The maximum absolute atomic E-state index is 14.7. The first-order chi connectivity index (χ1) is 18.1. The number of sulfone groups is 1. The molecular formula is C29H29ClF2N2O4S. The molecule has 0 aliphatic rings. The minimum Gasteiger partial charge on any atom is -0.392 e. The summed E-state index contributed by atoms with van der Waals surface area (Å²) in [6, 6.07) is 14.0. The number of aliphatic hydroxyl groups excluding tert-OH is 1. The molecule has 4 rings (SSSR count). The van der Waals surface area contributed by atoms with Crippen LogP contribution in [-0.2, 0) is 27.5 Å². The molecule has 0 unspecified atom stereocenters. The molecule has 0 radical (unpaired) electrons. The van der Waals surface area contributed by atoms with E-state index in [9.17, 15) is 27.4 Å². The van der Waals surface area contributed by atoms with Gasteiger partial charge < -0.3 is 14.8 Å². The van der Waals surface area contributed by atoms with Gasteiger partial charge in [0.1, 0.15) is 23.1 Å². The predicted molar refractivity (Wildman–Crippen MR) is 147 cm³/mol. The summed E-state index contributed by atoms with van der Waals surface area (Å²) < 4.78 is 55.3. The van der Waals surface area contributed by atoms with Gasteiger partial charge in [0.05, 0.1) is 22.2 Å². The molecule has 1 heterocycles. The second-order valence-electron chi connectivity index (χ2n) is 10.5. The number of benzene rings is 3. The summed E-state index contributed by atoms with van der Waals surface area (Å²) in [7, 11) is -3.79. The summed E-state index contributed by atoms with van der Waals surface area (Å²) in [4.78, 5) is 4.44. The van der Waals surface area contributed by atoms with Gasteiger partial charge in [-0.15, -0.1) is 0 Å². The zero-order chi connectivity index (χ0) is 28.9. The van der Waals surface area contributed by atoms with Crippen molar-refractivity contribution in [3.8, 4) is 16.8 Å². The van der Waals surface area contributed by atoms with Gasteiger partial charge in [-0.1, -0.05) is 35.9 Å². The Kier molecular flexibility index (Phi) is 7.50. The van der Waals surface area contributed by atoms with Crippen LogP contribution in [0.15, 0.2) is 65.7 Å². The Balaban J connectivity index is 1.86. The number of rotatable bonds is 7. The fourth-order valence-corrected chi connectivity index (χ4v) is 5.81. The van der Waals surface area contributed by atoms with Crippen LogP contribution in [0.2, 0.25) is 5.02 Å². The topological polar surface area (TPSA) is 92.4 Å². The lowest BCUT2D eigenvalue weighted by atomic mass is 9.83. The van der Waals surface area contributed by atoms with Gasteiger partial charge in [0.2, 0.25) is 0 Å². The van der Waals surface area contributed by atoms with Crippen molar-refractivity contribution in [2.75, 3.05) is 6.26 Å². The summed E-state index contributed by atoms with van der Waals surface area (Å²) in [5.74, 6) is -0.877. The van der Waals surface area contributed by atoms with Crippen LogP contribution in [0.25, 0.3) is 16.8 Å². The third-order valence-electron chi connectivity index (χ3n) is 6.71. The lowest BCUT2D eigenvalue weighted by molar-refractivity contribution is 0.0740. The highest BCUT2D eigenvalue weighted by Gasteiger charge is 2.34. The summed E-state index contributed by atoms with van der Waals surface area (Å²) >= 11 is 6.34. The van der Waals surface area contributed by atoms with E-state index in [0.717, 1.165) is 6.26 Å². The van der Waals surface area contributed by atoms with E-state index in [0.29, 0.717) is 33.9 Å². The van der Waals surface area contributed by atoms with Crippen LogP contribution < -0.4 is 0 Å². The number of aromatic nitrogens is 2. The van der Waals surface area contributed by atoms with Crippen LogP contribution in [0.5, 0.6) is 0 Å². The number of aliphatic hydroxyl groups is 2. The average molecular weight is 575 g/mol. The molecule has 0 fully saturated rings. The quantitative estimate of drug-likeness (QED) is 0.286. The fraction of sp³-hybridized carbons (Fsp3) is 0.276. The molecule has 0 atom stereocenters. The molecule has 206 valence electrons. The van der Waals surface area contributed by atoms with E-state index in [2.05, 4.69) is 0 Å². The Hall–Kier alpha value is -3.11. The van der Waals surface area contributed by atoms with Gasteiger partial charge in [0.15, 0.2) is 9.84 Å². The molecule has 0 spiro atoms. The van der Waals surface area contributed by atoms with Gasteiger partial charge in [-0.2, -0.15) is 0 Å². The lowest BCUT2D eigenvalue weighted by Gasteiger charge is -2.27. The Morgan fingerprint density at radius 2 is 1.62 bits per heavy atom. The highest BCUT2D eigenvalue weighted by molar-refractivity contribution is 7.90. The third-order valence-corrected chi connectivity index (χ3v) is 8.25. The molecule has 1 aromatic heterocycles. The zero-order valence-electron chi connectivity index (χ0n) is 22.1. The van der Waals surface area contributed by atoms with E-state index < -0.39 is 39.1 Å². The molecule has 39 heavy (non-hydrogen) atoms. The van der Waals surface area contributed by atoms with Gasteiger partial charge in [-0.05, 0) is 74.7 Å². The molecule has 0 amide bonds. The van der Waals surface area contributed by atoms with Crippen molar-refractivity contribution in [3.05, 3.63) is 100 Å². The fourth-order valence-electron chi connectivity index (χ4n) is 4.50. The molecule has 0 aliphatic heterocycles. The van der Waals surface area contributed by atoms with E-state index in [1.54, 1.807) is 61.0 Å². The van der Waals surface area contributed by atoms with E-state index in [1.807, 2.05) is 13.8 Å². The lowest BCUT2D eigenvalue weighted by Crippen LogP contribution is -2.25. The van der Waals surface area contributed by atoms with Gasteiger partial charge >= 0.3 is 0 Å². The number of nitrogens with zero attached hydrogens (tertiary/aromatic N) is 2. The third kappa shape index (κ3) is 5.49. The van der Waals surface area contributed by atoms with Crippen LogP contribution in [0.4, 0.5) is 8.78 Å². The van der Waals surface area contributed by atoms with E-state index in [-0.39, 0.29) is 15.5 Å². The van der Waals surface area contributed by atoms with Gasteiger partial charge in [-0.3, -0.25) is 0 Å². The predicted octanol–water partition coefficient (Wildman–Crippen LogP) is 5.92. The highest BCUT2D eigenvalue weighted by atomic mass is 35.5. The second-order valence-corrected chi connectivity index (χ2v) is 12.9. The van der Waals surface area contributed by atoms with Gasteiger partial charge in [0, 0.05) is 29.1 Å². The summed E-state index contributed by atoms with van der Waals surface area (Å²) in [5.41, 5.74) is -0.00341. The second kappa shape index (κ2) is 10.1. The van der Waals surface area contributed by atoms with Crippen LogP contribution >= 0.6 is 11.6 Å². The smallest absolute Gasteiger partial charge is 0.176 e. The largest absolute Gasteiger partial charge is 0.392 e. The Bertz CT molecular complexity index is 1660. The van der Waals surface area contributed by atoms with Crippen molar-refractivity contribution >= 4 is 21.4 Å². The van der Waals surface area contributed by atoms with Crippen LogP contribution in [0.1, 0.15) is 50.3 Å². The number of hydrogen-bond acceptors (Lipinski definition) is 5. The SMILES string of the molecule is CC(C)(O)c1cn(-c2ccc(-c3cc(F)c(CO)c(S(C)(=O)=O)c3)cc2)c(C(C)(C)c2cccc(F)c2Cl)n1.